The van der Waals surface area contributed by atoms with Crippen LogP contribution in [0.1, 0.15) is 44.2 Å². The summed E-state index contributed by atoms with van der Waals surface area (Å²) < 4.78 is 11.3. The lowest BCUT2D eigenvalue weighted by Gasteiger charge is -2.32. The summed E-state index contributed by atoms with van der Waals surface area (Å²) >= 11 is 0. The van der Waals surface area contributed by atoms with Crippen LogP contribution in [0.15, 0.2) is 23.2 Å². The van der Waals surface area contributed by atoms with Crippen LogP contribution < -0.4 is 15.4 Å². The van der Waals surface area contributed by atoms with Gasteiger partial charge in [0.2, 0.25) is 0 Å². The van der Waals surface area contributed by atoms with Crippen molar-refractivity contribution in [3.05, 3.63) is 29.3 Å². The number of hydrogen-bond donors (Lipinski definition) is 2. The number of hydrogen-bond acceptors (Lipinski definition) is 4. The maximum absolute atomic E-state index is 6.12. The van der Waals surface area contributed by atoms with Gasteiger partial charge < -0.3 is 25.0 Å². The van der Waals surface area contributed by atoms with E-state index in [1.165, 1.54) is 18.4 Å². The van der Waals surface area contributed by atoms with Gasteiger partial charge >= 0.3 is 0 Å². The average molecular weight is 533 g/mol. The first-order valence-corrected chi connectivity index (χ1v) is 11.0. The fourth-order valence-electron chi connectivity index (χ4n) is 3.49. The Morgan fingerprint density at radius 3 is 2.63 bits per heavy atom. The molecule has 30 heavy (non-hydrogen) atoms. The number of methoxy groups -OCH3 is 1. The first-order chi connectivity index (χ1) is 14.0. The second-order valence-corrected chi connectivity index (χ2v) is 8.03. The van der Waals surface area contributed by atoms with Gasteiger partial charge in [-0.2, -0.15) is 0 Å². The lowest BCUT2D eigenvalue weighted by Crippen LogP contribution is -2.43. The Morgan fingerprint density at radius 1 is 1.27 bits per heavy atom. The van der Waals surface area contributed by atoms with Crippen LogP contribution in [0, 0.1) is 12.8 Å². The standard InChI is InChI=1S/C23H40N4O2.HI/c1-6-19(3)29-22-15-18(2)7-8-21(22)17-26-23(24-4)25-16-20-9-11-27(12-10-20)13-14-28-5;/h7-8,15,19-20H,6,9-14,16-17H2,1-5H3,(H2,24,25,26);1H. The van der Waals surface area contributed by atoms with Crippen molar-refractivity contribution in [2.45, 2.75) is 52.7 Å². The molecular formula is C23H41IN4O2. The molecule has 1 aromatic rings. The number of halogens is 1. The lowest BCUT2D eigenvalue weighted by atomic mass is 9.97. The quantitative estimate of drug-likeness (QED) is 0.273. The molecule has 1 aliphatic heterocycles. The average Bonchev–Trinajstić information content (AvgIpc) is 2.74. The van der Waals surface area contributed by atoms with E-state index in [0.717, 1.165) is 56.5 Å². The summed E-state index contributed by atoms with van der Waals surface area (Å²) in [5.74, 6) is 2.50. The molecule has 6 nitrogen and oxygen atoms in total. The monoisotopic (exact) mass is 532 g/mol. The van der Waals surface area contributed by atoms with Gasteiger partial charge in [-0.15, -0.1) is 24.0 Å². The van der Waals surface area contributed by atoms with Gasteiger partial charge in [0.05, 0.1) is 12.7 Å². The molecule has 172 valence electrons. The number of likely N-dealkylation sites (tertiary alicyclic amines) is 1. The lowest BCUT2D eigenvalue weighted by molar-refractivity contribution is 0.121. The van der Waals surface area contributed by atoms with Crippen molar-refractivity contribution in [2.75, 3.05) is 46.9 Å². The third-order valence-corrected chi connectivity index (χ3v) is 5.67. The van der Waals surface area contributed by atoms with Crippen LogP contribution in [-0.4, -0.2) is 63.9 Å². The van der Waals surface area contributed by atoms with E-state index in [2.05, 4.69) is 59.5 Å². The van der Waals surface area contributed by atoms with Crippen LogP contribution in [0.25, 0.3) is 0 Å². The number of aliphatic imine (C=N–C) groups is 1. The number of nitrogens with one attached hydrogen (secondary N) is 2. The Kier molecular flexibility index (Phi) is 13.4. The molecule has 0 radical (unpaired) electrons. The number of aryl methyl sites for hydroxylation is 1. The third-order valence-electron chi connectivity index (χ3n) is 5.67. The molecule has 2 rings (SSSR count). The molecule has 1 aliphatic rings. The molecule has 1 saturated heterocycles. The van der Waals surface area contributed by atoms with Gasteiger partial charge in [0.1, 0.15) is 5.75 Å². The molecule has 7 heteroatoms. The summed E-state index contributed by atoms with van der Waals surface area (Å²) in [6, 6.07) is 6.40. The zero-order valence-electron chi connectivity index (χ0n) is 19.4. The fraction of sp³-hybridized carbons (Fsp3) is 0.696. The first-order valence-electron chi connectivity index (χ1n) is 11.0. The minimum atomic E-state index is 0. The van der Waals surface area contributed by atoms with Crippen LogP contribution in [-0.2, 0) is 11.3 Å². The minimum absolute atomic E-state index is 0. The van der Waals surface area contributed by atoms with Gasteiger partial charge in [0.15, 0.2) is 5.96 Å². The van der Waals surface area contributed by atoms with Crippen molar-refractivity contribution in [1.82, 2.24) is 15.5 Å². The van der Waals surface area contributed by atoms with Crippen LogP contribution in [0.3, 0.4) is 0 Å². The first kappa shape index (κ1) is 27.0. The van der Waals surface area contributed by atoms with Gasteiger partial charge in [-0.05, 0) is 63.7 Å². The van der Waals surface area contributed by atoms with Crippen molar-refractivity contribution >= 4 is 29.9 Å². The van der Waals surface area contributed by atoms with Gasteiger partial charge in [-0.1, -0.05) is 19.1 Å². The highest BCUT2D eigenvalue weighted by atomic mass is 127. The molecular weight excluding hydrogens is 491 g/mol. The van der Waals surface area contributed by atoms with Crippen molar-refractivity contribution in [3.8, 4) is 5.75 Å². The number of piperidine rings is 1. The van der Waals surface area contributed by atoms with E-state index < -0.39 is 0 Å². The zero-order chi connectivity index (χ0) is 21.1. The van der Waals surface area contributed by atoms with E-state index in [-0.39, 0.29) is 30.1 Å². The van der Waals surface area contributed by atoms with Crippen LogP contribution in [0.5, 0.6) is 5.75 Å². The molecule has 1 unspecified atom stereocenters. The second-order valence-electron chi connectivity index (χ2n) is 8.03. The molecule has 0 aromatic heterocycles. The molecule has 2 N–H and O–H groups in total. The smallest absolute Gasteiger partial charge is 0.191 e. The predicted molar refractivity (Wildman–Crippen MR) is 136 cm³/mol. The Balaban J connectivity index is 0.00000450. The molecule has 0 bridgehead atoms. The highest BCUT2D eigenvalue weighted by molar-refractivity contribution is 14.0. The van der Waals surface area contributed by atoms with Crippen LogP contribution in [0.2, 0.25) is 0 Å². The molecule has 1 aromatic carbocycles. The Hall–Kier alpha value is -1.06. The number of ether oxygens (including phenoxy) is 2. The maximum atomic E-state index is 6.12. The highest BCUT2D eigenvalue weighted by Crippen LogP contribution is 2.22. The fourth-order valence-corrected chi connectivity index (χ4v) is 3.49. The summed E-state index contributed by atoms with van der Waals surface area (Å²) in [6.45, 7) is 12.2. The van der Waals surface area contributed by atoms with Crippen molar-refractivity contribution in [2.24, 2.45) is 10.9 Å². The summed E-state index contributed by atoms with van der Waals surface area (Å²) in [5, 5.41) is 6.95. The zero-order valence-corrected chi connectivity index (χ0v) is 21.7. The number of guanidine groups is 1. The molecule has 1 fully saturated rings. The van der Waals surface area contributed by atoms with Gasteiger partial charge in [0, 0.05) is 39.4 Å². The second kappa shape index (κ2) is 14.9. The largest absolute Gasteiger partial charge is 0.490 e. The van der Waals surface area contributed by atoms with Gasteiger partial charge in [-0.25, -0.2) is 0 Å². The third kappa shape index (κ3) is 9.39. The van der Waals surface area contributed by atoms with Crippen LogP contribution >= 0.6 is 24.0 Å². The van der Waals surface area contributed by atoms with E-state index in [0.29, 0.717) is 12.5 Å². The summed E-state index contributed by atoms with van der Waals surface area (Å²) in [7, 11) is 3.60. The normalized spacial score (nSPS) is 16.6. The Bertz CT molecular complexity index is 634. The van der Waals surface area contributed by atoms with Gasteiger partial charge in [-0.3, -0.25) is 4.99 Å². The maximum Gasteiger partial charge on any atom is 0.191 e. The predicted octanol–water partition coefficient (Wildman–Crippen LogP) is 3.81. The van der Waals surface area contributed by atoms with Crippen molar-refractivity contribution < 1.29 is 9.47 Å². The molecule has 1 atom stereocenters. The van der Waals surface area contributed by atoms with E-state index >= 15 is 0 Å². The summed E-state index contributed by atoms with van der Waals surface area (Å²) in [4.78, 5) is 6.88. The molecule has 0 aliphatic carbocycles. The van der Waals surface area contributed by atoms with Crippen molar-refractivity contribution in [1.29, 1.82) is 0 Å². The molecule has 0 spiro atoms. The van der Waals surface area contributed by atoms with Gasteiger partial charge in [0.25, 0.3) is 0 Å². The number of rotatable bonds is 10. The SMILES string of the molecule is CCC(C)Oc1cc(C)ccc1CNC(=NC)NCC1CCN(CCOC)CC1.I. The molecule has 1 heterocycles. The van der Waals surface area contributed by atoms with E-state index in [1.54, 1.807) is 7.11 Å². The summed E-state index contributed by atoms with van der Waals surface area (Å²) in [5.41, 5.74) is 2.37. The number of nitrogens with zero attached hydrogens (tertiary/aromatic N) is 2. The minimum Gasteiger partial charge on any atom is -0.490 e. The van der Waals surface area contributed by atoms with E-state index in [9.17, 15) is 0 Å². The van der Waals surface area contributed by atoms with E-state index in [1.807, 2.05) is 7.05 Å². The van der Waals surface area contributed by atoms with Crippen LogP contribution in [0.4, 0.5) is 0 Å². The van der Waals surface area contributed by atoms with Crippen molar-refractivity contribution in [3.63, 3.8) is 0 Å². The Morgan fingerprint density at radius 2 is 2.00 bits per heavy atom. The Labute approximate surface area is 200 Å². The molecule has 0 saturated carbocycles. The highest BCUT2D eigenvalue weighted by Gasteiger charge is 2.19. The van der Waals surface area contributed by atoms with E-state index in [4.69, 9.17) is 9.47 Å². The topological polar surface area (TPSA) is 58.1 Å². The summed E-state index contributed by atoms with van der Waals surface area (Å²) in [6.07, 6.45) is 3.65. The molecule has 0 amide bonds. The number of benzene rings is 1.